The maximum atomic E-state index is 14.6. The molecule has 2 amide bonds. The van der Waals surface area contributed by atoms with E-state index in [2.05, 4.69) is 24.1 Å². The highest BCUT2D eigenvalue weighted by Gasteiger charge is 2.32. The number of hydrogen-bond acceptors (Lipinski definition) is 4. The summed E-state index contributed by atoms with van der Waals surface area (Å²) in [6.07, 6.45) is 2.09. The molecule has 0 aliphatic carbocycles. The zero-order valence-corrected chi connectivity index (χ0v) is 22.0. The van der Waals surface area contributed by atoms with Crippen LogP contribution in [0.25, 0.3) is 0 Å². The maximum absolute atomic E-state index is 14.6. The van der Waals surface area contributed by atoms with E-state index in [1.165, 1.54) is 11.0 Å². The van der Waals surface area contributed by atoms with E-state index in [0.717, 1.165) is 32.5 Å². The van der Waals surface area contributed by atoms with Crippen molar-refractivity contribution in [1.82, 2.24) is 10.2 Å². The molecule has 1 atom stereocenters. The van der Waals surface area contributed by atoms with E-state index in [-0.39, 0.29) is 12.5 Å². The quantitative estimate of drug-likeness (QED) is 0.408. The summed E-state index contributed by atoms with van der Waals surface area (Å²) in [4.78, 5) is 31.3. The number of fused-ring (bicyclic) bond motifs is 2. The van der Waals surface area contributed by atoms with E-state index in [1.54, 1.807) is 60.7 Å². The summed E-state index contributed by atoms with van der Waals surface area (Å²) in [7, 11) is -1.64. The first-order valence-electron chi connectivity index (χ1n) is 12.6. The first-order chi connectivity index (χ1) is 17.9. The van der Waals surface area contributed by atoms with Crippen LogP contribution in [-0.2, 0) is 17.3 Å². The molecule has 0 aromatic heterocycles. The minimum Gasteiger partial charge on any atom is -0.351 e. The lowest BCUT2D eigenvalue weighted by molar-refractivity contribution is 0.0945. The summed E-state index contributed by atoms with van der Waals surface area (Å²) in [6, 6.07) is 17.8. The standard InChI is InChI=1S/C29H32FN3O3S/c1-3-16-32(17-4-2)18-15-31-28(34)21-13-14-27-25(19-21)33(20-22-9-5-7-11-24(22)30)29(35)23-10-6-8-12-26(23)37(27)36/h5-14,19H,3-4,15-18,20H2,1-2H3,(H,31,34)/t37-/m0/s1. The van der Waals surface area contributed by atoms with Gasteiger partial charge in [-0.05, 0) is 62.3 Å². The van der Waals surface area contributed by atoms with Crippen LogP contribution in [0.3, 0.4) is 0 Å². The predicted molar refractivity (Wildman–Crippen MR) is 144 cm³/mol. The monoisotopic (exact) mass is 521 g/mol. The molecule has 0 bridgehead atoms. The van der Waals surface area contributed by atoms with Crippen molar-refractivity contribution in [3.63, 3.8) is 0 Å². The number of nitrogens with one attached hydrogen (secondary N) is 1. The number of nitrogens with zero attached hydrogens (tertiary/aromatic N) is 2. The average molecular weight is 522 g/mol. The van der Waals surface area contributed by atoms with Gasteiger partial charge in [-0.15, -0.1) is 0 Å². The number of carbonyl (C=O) groups is 2. The first-order valence-corrected chi connectivity index (χ1v) is 13.8. The molecule has 0 fully saturated rings. The highest BCUT2D eigenvalue weighted by Crippen LogP contribution is 2.36. The highest BCUT2D eigenvalue weighted by molar-refractivity contribution is 7.85. The minimum absolute atomic E-state index is 0.0574. The summed E-state index contributed by atoms with van der Waals surface area (Å²) < 4.78 is 28.1. The lowest BCUT2D eigenvalue weighted by Crippen LogP contribution is -2.36. The van der Waals surface area contributed by atoms with Crippen LogP contribution in [0.4, 0.5) is 10.1 Å². The molecule has 6 nitrogen and oxygen atoms in total. The molecule has 1 heterocycles. The van der Waals surface area contributed by atoms with E-state index in [4.69, 9.17) is 0 Å². The number of rotatable bonds is 10. The van der Waals surface area contributed by atoms with Gasteiger partial charge in [0.05, 0.1) is 38.4 Å². The van der Waals surface area contributed by atoms with Crippen molar-refractivity contribution >= 4 is 28.3 Å². The third-order valence-electron chi connectivity index (χ3n) is 6.35. The first kappa shape index (κ1) is 26.7. The van der Waals surface area contributed by atoms with Crippen LogP contribution in [-0.4, -0.2) is 47.1 Å². The Morgan fingerprint density at radius 2 is 1.65 bits per heavy atom. The van der Waals surface area contributed by atoms with Crippen molar-refractivity contribution in [1.29, 1.82) is 0 Å². The van der Waals surface area contributed by atoms with Crippen LogP contribution in [0.5, 0.6) is 0 Å². The Morgan fingerprint density at radius 3 is 2.38 bits per heavy atom. The molecule has 1 N–H and O–H groups in total. The summed E-state index contributed by atoms with van der Waals surface area (Å²) >= 11 is 0. The van der Waals surface area contributed by atoms with Gasteiger partial charge in [0.2, 0.25) is 0 Å². The summed E-state index contributed by atoms with van der Waals surface area (Å²) in [5.41, 5.74) is 1.32. The van der Waals surface area contributed by atoms with Gasteiger partial charge in [-0.25, -0.2) is 8.60 Å². The Balaban J connectivity index is 1.66. The number of hydrogen-bond donors (Lipinski definition) is 1. The fourth-order valence-corrected chi connectivity index (χ4v) is 5.90. The second kappa shape index (κ2) is 12.3. The smallest absolute Gasteiger partial charge is 0.259 e. The van der Waals surface area contributed by atoms with E-state index < -0.39 is 22.5 Å². The third kappa shape index (κ3) is 5.97. The topological polar surface area (TPSA) is 69.7 Å². The lowest BCUT2D eigenvalue weighted by Gasteiger charge is -2.24. The molecular weight excluding hydrogens is 489 g/mol. The molecule has 3 aromatic carbocycles. The number of carbonyl (C=O) groups excluding carboxylic acids is 2. The molecule has 1 aliphatic heterocycles. The molecule has 4 rings (SSSR count). The fraction of sp³-hybridized carbons (Fsp3) is 0.310. The van der Waals surface area contributed by atoms with E-state index in [0.29, 0.717) is 38.7 Å². The molecule has 37 heavy (non-hydrogen) atoms. The molecule has 3 aromatic rings. The number of halogens is 1. The van der Waals surface area contributed by atoms with Gasteiger partial charge in [0.1, 0.15) is 5.82 Å². The van der Waals surface area contributed by atoms with Crippen molar-refractivity contribution in [2.45, 2.75) is 43.0 Å². The zero-order valence-electron chi connectivity index (χ0n) is 21.2. The van der Waals surface area contributed by atoms with Crippen LogP contribution < -0.4 is 10.2 Å². The highest BCUT2D eigenvalue weighted by atomic mass is 32.2. The van der Waals surface area contributed by atoms with E-state index in [1.807, 2.05) is 0 Å². The summed E-state index contributed by atoms with van der Waals surface area (Å²) in [5.74, 6) is -1.10. The Hall–Kier alpha value is -3.36. The van der Waals surface area contributed by atoms with Gasteiger partial charge >= 0.3 is 0 Å². The summed E-state index contributed by atoms with van der Waals surface area (Å²) in [5, 5.41) is 2.96. The minimum atomic E-state index is -1.64. The van der Waals surface area contributed by atoms with Crippen LogP contribution >= 0.6 is 0 Å². The fourth-order valence-electron chi connectivity index (χ4n) is 4.56. The molecule has 0 unspecified atom stereocenters. The van der Waals surface area contributed by atoms with Crippen LogP contribution in [0.1, 0.15) is 53.0 Å². The predicted octanol–water partition coefficient (Wildman–Crippen LogP) is 5.00. The molecule has 194 valence electrons. The van der Waals surface area contributed by atoms with Crippen molar-refractivity contribution in [2.24, 2.45) is 0 Å². The van der Waals surface area contributed by atoms with E-state index in [9.17, 15) is 18.2 Å². The SMILES string of the molecule is CCCN(CCC)CCNC(=O)c1ccc2c(c1)N(Cc1ccccc1F)C(=O)c1ccccc1[S@@]2=O. The van der Waals surface area contributed by atoms with Crippen molar-refractivity contribution in [3.05, 3.63) is 89.2 Å². The van der Waals surface area contributed by atoms with Crippen LogP contribution in [0.2, 0.25) is 0 Å². The number of anilines is 1. The van der Waals surface area contributed by atoms with Crippen LogP contribution in [0.15, 0.2) is 76.5 Å². The normalized spacial score (nSPS) is 14.8. The summed E-state index contributed by atoms with van der Waals surface area (Å²) in [6.45, 7) is 7.39. The van der Waals surface area contributed by atoms with Gasteiger partial charge in [-0.1, -0.05) is 44.2 Å². The second-order valence-electron chi connectivity index (χ2n) is 9.03. The number of amides is 2. The average Bonchev–Trinajstić information content (AvgIpc) is 2.99. The molecule has 1 aliphatic rings. The molecule has 8 heteroatoms. The van der Waals surface area contributed by atoms with Gasteiger partial charge in [0, 0.05) is 24.2 Å². The number of benzene rings is 3. The van der Waals surface area contributed by atoms with Crippen LogP contribution in [0, 0.1) is 5.82 Å². The van der Waals surface area contributed by atoms with Gasteiger partial charge in [0.25, 0.3) is 11.8 Å². The van der Waals surface area contributed by atoms with Crippen molar-refractivity contribution in [3.8, 4) is 0 Å². The molecule has 0 spiro atoms. The lowest BCUT2D eigenvalue weighted by atomic mass is 10.1. The Morgan fingerprint density at radius 1 is 0.946 bits per heavy atom. The molecule has 0 saturated carbocycles. The Bertz CT molecular complexity index is 1310. The van der Waals surface area contributed by atoms with E-state index >= 15 is 0 Å². The van der Waals surface area contributed by atoms with Gasteiger partial charge in [-0.3, -0.25) is 9.59 Å². The maximum Gasteiger partial charge on any atom is 0.259 e. The Labute approximate surface area is 219 Å². The van der Waals surface area contributed by atoms with Crippen molar-refractivity contribution in [2.75, 3.05) is 31.1 Å². The second-order valence-corrected chi connectivity index (χ2v) is 10.4. The molecular formula is C29H32FN3O3S. The molecule has 0 saturated heterocycles. The van der Waals surface area contributed by atoms with Crippen molar-refractivity contribution < 1.29 is 18.2 Å². The van der Waals surface area contributed by atoms with Gasteiger partial charge < -0.3 is 15.1 Å². The van der Waals surface area contributed by atoms with Gasteiger partial charge in [-0.2, -0.15) is 0 Å². The largest absolute Gasteiger partial charge is 0.351 e. The zero-order chi connectivity index (χ0) is 26.4. The molecule has 0 radical (unpaired) electrons. The third-order valence-corrected chi connectivity index (χ3v) is 7.85. The Kier molecular flexibility index (Phi) is 8.84. The van der Waals surface area contributed by atoms with Gasteiger partial charge in [0.15, 0.2) is 0 Å².